The van der Waals surface area contributed by atoms with E-state index in [4.69, 9.17) is 5.11 Å². The second-order valence-electron chi connectivity index (χ2n) is 4.41. The van der Waals surface area contributed by atoms with Crippen molar-refractivity contribution in [2.75, 3.05) is 0 Å². The molecule has 98 valence electrons. The van der Waals surface area contributed by atoms with Crippen LogP contribution in [0.4, 0.5) is 4.39 Å². The lowest BCUT2D eigenvalue weighted by molar-refractivity contribution is 0.0696. The minimum Gasteiger partial charge on any atom is -0.478 e. The summed E-state index contributed by atoms with van der Waals surface area (Å²) in [4.78, 5) is 14.9. The van der Waals surface area contributed by atoms with Crippen LogP contribution < -0.4 is 0 Å². The fourth-order valence-corrected chi connectivity index (χ4v) is 2.20. The summed E-state index contributed by atoms with van der Waals surface area (Å²) in [6.45, 7) is 0. The second kappa shape index (κ2) is 4.74. The number of fused-ring (bicyclic) bond motifs is 1. The van der Waals surface area contributed by atoms with E-state index in [1.807, 2.05) is 24.3 Å². The minimum absolute atomic E-state index is 0.0700. The summed E-state index contributed by atoms with van der Waals surface area (Å²) in [5, 5.41) is 10.7. The predicted molar refractivity (Wildman–Crippen MR) is 74.1 cm³/mol. The number of nitrogens with zero attached hydrogens (tertiary/aromatic N) is 1. The number of carboxylic acid groups (broad SMARTS) is 1. The van der Waals surface area contributed by atoms with E-state index < -0.39 is 11.8 Å². The van der Waals surface area contributed by atoms with Gasteiger partial charge in [0.25, 0.3) is 0 Å². The first kappa shape index (κ1) is 12.3. The van der Waals surface area contributed by atoms with Gasteiger partial charge in [0.1, 0.15) is 5.82 Å². The molecule has 0 aliphatic heterocycles. The van der Waals surface area contributed by atoms with Gasteiger partial charge in [-0.25, -0.2) is 9.18 Å². The lowest BCUT2D eigenvalue weighted by Gasteiger charge is -2.08. The molecule has 4 heteroatoms. The standard InChI is InChI=1S/C16H10FNO2/c17-15-7-10(16(19)20)5-6-13(15)14-9-18-8-11-3-1-2-4-12(11)14/h1-9H,(H,19,20). The molecule has 2 aromatic carbocycles. The first-order valence-corrected chi connectivity index (χ1v) is 6.03. The molecule has 3 aromatic rings. The number of carboxylic acids is 1. The Kier molecular flexibility index (Phi) is 2.91. The van der Waals surface area contributed by atoms with E-state index >= 15 is 0 Å². The van der Waals surface area contributed by atoms with Crippen LogP contribution in [0.15, 0.2) is 54.9 Å². The topological polar surface area (TPSA) is 50.2 Å². The number of benzene rings is 2. The van der Waals surface area contributed by atoms with Gasteiger partial charge in [0, 0.05) is 28.9 Å². The van der Waals surface area contributed by atoms with Gasteiger partial charge in [-0.2, -0.15) is 0 Å². The van der Waals surface area contributed by atoms with E-state index in [0.717, 1.165) is 16.8 Å². The molecule has 0 bridgehead atoms. The lowest BCUT2D eigenvalue weighted by Crippen LogP contribution is -1.98. The number of hydrogen-bond donors (Lipinski definition) is 1. The molecule has 0 fully saturated rings. The summed E-state index contributed by atoms with van der Waals surface area (Å²) >= 11 is 0. The van der Waals surface area contributed by atoms with Gasteiger partial charge in [-0.15, -0.1) is 0 Å². The number of rotatable bonds is 2. The van der Waals surface area contributed by atoms with Crippen LogP contribution in [0.3, 0.4) is 0 Å². The highest BCUT2D eigenvalue weighted by molar-refractivity contribution is 5.96. The van der Waals surface area contributed by atoms with Crippen LogP contribution >= 0.6 is 0 Å². The van der Waals surface area contributed by atoms with E-state index in [2.05, 4.69) is 4.98 Å². The van der Waals surface area contributed by atoms with Gasteiger partial charge in [0.05, 0.1) is 5.56 Å². The summed E-state index contributed by atoms with van der Waals surface area (Å²) < 4.78 is 14.1. The first-order valence-electron chi connectivity index (χ1n) is 6.03. The van der Waals surface area contributed by atoms with Crippen molar-refractivity contribution in [2.24, 2.45) is 0 Å². The summed E-state index contributed by atoms with van der Waals surface area (Å²) in [6.07, 6.45) is 3.30. The Bertz CT molecular complexity index is 809. The maximum atomic E-state index is 14.1. The SMILES string of the molecule is O=C(O)c1ccc(-c2cncc3ccccc23)c(F)c1. The van der Waals surface area contributed by atoms with Crippen molar-refractivity contribution in [3.05, 3.63) is 66.2 Å². The molecule has 3 rings (SSSR count). The van der Waals surface area contributed by atoms with E-state index in [9.17, 15) is 9.18 Å². The van der Waals surface area contributed by atoms with Gasteiger partial charge >= 0.3 is 5.97 Å². The van der Waals surface area contributed by atoms with Crippen LogP contribution in [-0.2, 0) is 0 Å². The third-order valence-electron chi connectivity index (χ3n) is 3.17. The van der Waals surface area contributed by atoms with Gasteiger partial charge in [0.2, 0.25) is 0 Å². The lowest BCUT2D eigenvalue weighted by atomic mass is 9.99. The van der Waals surface area contributed by atoms with Crippen molar-refractivity contribution in [3.63, 3.8) is 0 Å². The van der Waals surface area contributed by atoms with Crippen molar-refractivity contribution in [1.29, 1.82) is 0 Å². The molecule has 20 heavy (non-hydrogen) atoms. The number of halogens is 1. The van der Waals surface area contributed by atoms with Crippen LogP contribution in [0.1, 0.15) is 10.4 Å². The fourth-order valence-electron chi connectivity index (χ4n) is 2.20. The molecule has 1 aromatic heterocycles. The molecular weight excluding hydrogens is 257 g/mol. The minimum atomic E-state index is -1.15. The Labute approximate surface area is 114 Å². The third-order valence-corrected chi connectivity index (χ3v) is 3.17. The molecule has 0 spiro atoms. The highest BCUT2D eigenvalue weighted by atomic mass is 19.1. The Hall–Kier alpha value is -2.75. The van der Waals surface area contributed by atoms with Crippen LogP contribution in [-0.4, -0.2) is 16.1 Å². The second-order valence-corrected chi connectivity index (χ2v) is 4.41. The number of hydrogen-bond acceptors (Lipinski definition) is 2. The van der Waals surface area contributed by atoms with Crippen molar-refractivity contribution in [3.8, 4) is 11.1 Å². The van der Waals surface area contributed by atoms with Crippen LogP contribution in [0, 0.1) is 5.82 Å². The average molecular weight is 267 g/mol. The maximum absolute atomic E-state index is 14.1. The van der Waals surface area contributed by atoms with Crippen molar-refractivity contribution >= 4 is 16.7 Å². The third kappa shape index (κ3) is 2.01. The zero-order valence-electron chi connectivity index (χ0n) is 10.4. The quantitative estimate of drug-likeness (QED) is 0.769. The highest BCUT2D eigenvalue weighted by Crippen LogP contribution is 2.29. The van der Waals surface area contributed by atoms with Crippen molar-refractivity contribution in [2.45, 2.75) is 0 Å². The summed E-state index contributed by atoms with van der Waals surface area (Å²) in [7, 11) is 0. The van der Waals surface area contributed by atoms with E-state index in [-0.39, 0.29) is 5.56 Å². The number of pyridine rings is 1. The number of aromatic nitrogens is 1. The zero-order valence-corrected chi connectivity index (χ0v) is 10.4. The van der Waals surface area contributed by atoms with Crippen LogP contribution in [0.25, 0.3) is 21.9 Å². The number of carbonyl (C=O) groups is 1. The summed E-state index contributed by atoms with van der Waals surface area (Å²) in [5.74, 6) is -1.71. The van der Waals surface area contributed by atoms with Crippen LogP contribution in [0.2, 0.25) is 0 Å². The first-order chi connectivity index (χ1) is 9.66. The van der Waals surface area contributed by atoms with Crippen molar-refractivity contribution < 1.29 is 14.3 Å². The van der Waals surface area contributed by atoms with E-state index in [1.54, 1.807) is 12.4 Å². The summed E-state index contributed by atoms with van der Waals surface area (Å²) in [5.41, 5.74) is 0.927. The maximum Gasteiger partial charge on any atom is 0.335 e. The molecule has 0 saturated carbocycles. The molecule has 1 N–H and O–H groups in total. The largest absolute Gasteiger partial charge is 0.478 e. The molecule has 0 atom stereocenters. The fraction of sp³-hybridized carbons (Fsp3) is 0. The van der Waals surface area contributed by atoms with Gasteiger partial charge in [-0.3, -0.25) is 4.98 Å². The molecule has 3 nitrogen and oxygen atoms in total. The van der Waals surface area contributed by atoms with Gasteiger partial charge < -0.3 is 5.11 Å². The van der Waals surface area contributed by atoms with Gasteiger partial charge in [-0.05, 0) is 17.5 Å². The molecular formula is C16H10FNO2. The smallest absolute Gasteiger partial charge is 0.335 e. The van der Waals surface area contributed by atoms with E-state index in [0.29, 0.717) is 11.1 Å². The monoisotopic (exact) mass is 267 g/mol. The zero-order chi connectivity index (χ0) is 14.1. The number of aromatic carboxylic acids is 1. The molecule has 0 radical (unpaired) electrons. The Morgan fingerprint density at radius 1 is 1.05 bits per heavy atom. The molecule has 0 aliphatic carbocycles. The normalized spacial score (nSPS) is 10.7. The van der Waals surface area contributed by atoms with Gasteiger partial charge in [0.15, 0.2) is 0 Å². The van der Waals surface area contributed by atoms with Gasteiger partial charge in [-0.1, -0.05) is 30.3 Å². The Morgan fingerprint density at radius 3 is 2.60 bits per heavy atom. The highest BCUT2D eigenvalue weighted by Gasteiger charge is 2.12. The predicted octanol–water partition coefficient (Wildman–Crippen LogP) is 3.74. The van der Waals surface area contributed by atoms with E-state index in [1.165, 1.54) is 12.1 Å². The summed E-state index contributed by atoms with van der Waals surface area (Å²) in [6, 6.07) is 11.4. The Morgan fingerprint density at radius 2 is 1.85 bits per heavy atom. The molecule has 0 unspecified atom stereocenters. The molecule has 0 amide bonds. The van der Waals surface area contributed by atoms with Crippen molar-refractivity contribution in [1.82, 2.24) is 4.98 Å². The van der Waals surface area contributed by atoms with Crippen LogP contribution in [0.5, 0.6) is 0 Å². The average Bonchev–Trinajstić information content (AvgIpc) is 2.46. The molecule has 1 heterocycles. The Balaban J connectivity index is 2.23. The molecule has 0 aliphatic rings. The molecule has 0 saturated heterocycles.